The van der Waals surface area contributed by atoms with Gasteiger partial charge in [0, 0.05) is 15.2 Å². The maximum atomic E-state index is 9.00. The Kier molecular flexibility index (Phi) is 6.56. The van der Waals surface area contributed by atoms with Gasteiger partial charge in [-0.25, -0.2) is 0 Å². The second-order valence-corrected chi connectivity index (χ2v) is 7.47. The lowest BCUT2D eigenvalue weighted by atomic mass is 10.0. The average molecular weight is 463 g/mol. The van der Waals surface area contributed by atoms with E-state index in [0.717, 1.165) is 23.1 Å². The second-order valence-electron chi connectivity index (χ2n) is 6.23. The molecule has 0 atom stereocenters. The Morgan fingerprint density at radius 1 is 0.741 bits per heavy atom. The molecule has 0 aromatic heterocycles. The first-order valence-electron chi connectivity index (χ1n) is 8.88. The van der Waals surface area contributed by atoms with E-state index in [0.29, 0.717) is 5.69 Å². The van der Waals surface area contributed by atoms with E-state index in [4.69, 9.17) is 5.39 Å². The van der Waals surface area contributed by atoms with E-state index in [-0.39, 0.29) is 0 Å². The molecule has 0 aliphatic rings. The topological polar surface area (TPSA) is 28.1 Å². The number of rotatable bonds is 5. The van der Waals surface area contributed by atoms with Gasteiger partial charge in [0.25, 0.3) is 0 Å². The normalized spacial score (nSPS) is 11.1. The maximum Gasteiger partial charge on any atom is 0.388 e. The molecule has 0 saturated carbocycles. The van der Waals surface area contributed by atoms with Crippen molar-refractivity contribution in [1.29, 1.82) is 5.39 Å². The summed E-state index contributed by atoms with van der Waals surface area (Å²) in [5.41, 5.74) is 6.30. The minimum Gasteiger partial charge on any atom is -0.0610 e. The van der Waals surface area contributed by atoms with E-state index >= 15 is 0 Å². The summed E-state index contributed by atoms with van der Waals surface area (Å²) in [6, 6.07) is 22.8. The summed E-state index contributed by atoms with van der Waals surface area (Å²) in [6.07, 6.45) is 9.26. The van der Waals surface area contributed by atoms with E-state index in [1.165, 1.54) is 14.7 Å². The van der Waals surface area contributed by atoms with Gasteiger partial charge in [-0.1, -0.05) is 67.6 Å². The first-order valence-corrected chi connectivity index (χ1v) is 9.95. The summed E-state index contributed by atoms with van der Waals surface area (Å²) >= 11 is 2.31. The molecule has 2 nitrogen and oxygen atoms in total. The minimum absolute atomic E-state index is 0.638. The highest BCUT2D eigenvalue weighted by Crippen LogP contribution is 2.22. The molecular formula is C24H20IN2+. The lowest BCUT2D eigenvalue weighted by Crippen LogP contribution is -1.82. The van der Waals surface area contributed by atoms with Crippen LogP contribution in [0.25, 0.3) is 29.3 Å². The van der Waals surface area contributed by atoms with E-state index in [1.54, 1.807) is 0 Å². The Balaban J connectivity index is 1.69. The highest BCUT2D eigenvalue weighted by atomic mass is 127. The number of aryl methyl sites for hydroxylation is 1. The number of halogens is 1. The molecule has 3 aromatic carbocycles. The molecule has 0 amide bonds. The van der Waals surface area contributed by atoms with Crippen LogP contribution < -0.4 is 0 Å². The molecule has 3 aromatic rings. The molecule has 0 radical (unpaired) electrons. The van der Waals surface area contributed by atoms with Gasteiger partial charge in [-0.2, -0.15) is 0 Å². The van der Waals surface area contributed by atoms with Gasteiger partial charge in [-0.05, 0) is 75.5 Å². The van der Waals surface area contributed by atoms with Crippen LogP contribution in [0, 0.1) is 8.96 Å². The van der Waals surface area contributed by atoms with E-state index < -0.39 is 0 Å². The molecule has 132 valence electrons. The van der Waals surface area contributed by atoms with Crippen molar-refractivity contribution in [3.05, 3.63) is 103 Å². The van der Waals surface area contributed by atoms with Crippen molar-refractivity contribution in [2.75, 3.05) is 0 Å². The van der Waals surface area contributed by atoms with Crippen LogP contribution in [0.5, 0.6) is 0 Å². The van der Waals surface area contributed by atoms with E-state index in [9.17, 15) is 0 Å². The number of benzene rings is 3. The zero-order chi connectivity index (χ0) is 19.1. The van der Waals surface area contributed by atoms with Gasteiger partial charge in [-0.3, -0.25) is 0 Å². The standard InChI is InChI=1S/C24H20IN2/c1-2-22-17-21(13-16-24(22)27-26)10-9-19-5-3-18(4-6-19)7-8-20-11-14-23(25)15-12-20/h3-17H,2H2,1H3/q+1/b8-7+,10-9+. The molecule has 0 N–H and O–H groups in total. The van der Waals surface area contributed by atoms with Gasteiger partial charge >= 0.3 is 5.69 Å². The third kappa shape index (κ3) is 5.38. The Morgan fingerprint density at radius 2 is 1.19 bits per heavy atom. The Morgan fingerprint density at radius 3 is 1.67 bits per heavy atom. The maximum absolute atomic E-state index is 9.00. The molecule has 0 fully saturated rings. The van der Waals surface area contributed by atoms with Gasteiger partial charge in [0.15, 0.2) is 4.98 Å². The van der Waals surface area contributed by atoms with Crippen molar-refractivity contribution in [2.24, 2.45) is 0 Å². The van der Waals surface area contributed by atoms with Crippen molar-refractivity contribution in [1.82, 2.24) is 0 Å². The van der Waals surface area contributed by atoms with Crippen LogP contribution in [0.3, 0.4) is 0 Å². The predicted octanol–water partition coefficient (Wildman–Crippen LogP) is 7.68. The van der Waals surface area contributed by atoms with Crippen molar-refractivity contribution in [3.63, 3.8) is 0 Å². The van der Waals surface area contributed by atoms with Crippen LogP contribution in [-0.2, 0) is 6.42 Å². The van der Waals surface area contributed by atoms with Gasteiger partial charge in [-0.15, -0.1) is 0 Å². The molecule has 0 aliphatic carbocycles. The zero-order valence-electron chi connectivity index (χ0n) is 15.1. The molecule has 0 spiro atoms. The monoisotopic (exact) mass is 463 g/mol. The fourth-order valence-corrected chi connectivity index (χ4v) is 3.13. The lowest BCUT2D eigenvalue weighted by molar-refractivity contribution is 1.14. The Hall–Kier alpha value is -2.71. The summed E-state index contributed by atoms with van der Waals surface area (Å²) in [5, 5.41) is 9.00. The molecule has 0 heterocycles. The van der Waals surface area contributed by atoms with Crippen LogP contribution in [-0.4, -0.2) is 0 Å². The van der Waals surface area contributed by atoms with Crippen LogP contribution in [0.2, 0.25) is 0 Å². The third-order valence-electron chi connectivity index (χ3n) is 4.34. The summed E-state index contributed by atoms with van der Waals surface area (Å²) in [4.78, 5) is 3.32. The quantitative estimate of drug-likeness (QED) is 0.217. The highest BCUT2D eigenvalue weighted by Gasteiger charge is 2.11. The second kappa shape index (κ2) is 9.29. The van der Waals surface area contributed by atoms with Crippen molar-refractivity contribution < 1.29 is 0 Å². The summed E-state index contributed by atoms with van der Waals surface area (Å²) < 4.78 is 1.24. The van der Waals surface area contributed by atoms with E-state index in [2.05, 4.69) is 113 Å². The molecule has 0 bridgehead atoms. The number of hydrogen-bond donors (Lipinski definition) is 0. The molecule has 0 aliphatic heterocycles. The lowest BCUT2D eigenvalue weighted by Gasteiger charge is -1.99. The summed E-state index contributed by atoms with van der Waals surface area (Å²) in [6.45, 7) is 2.06. The predicted molar refractivity (Wildman–Crippen MR) is 124 cm³/mol. The van der Waals surface area contributed by atoms with Gasteiger partial charge in [0.1, 0.15) is 0 Å². The number of diazo groups is 1. The van der Waals surface area contributed by atoms with Gasteiger partial charge in [0.2, 0.25) is 5.39 Å². The van der Waals surface area contributed by atoms with Crippen molar-refractivity contribution in [3.8, 4) is 0 Å². The number of hydrogen-bond acceptors (Lipinski definition) is 1. The molecule has 0 unspecified atom stereocenters. The van der Waals surface area contributed by atoms with Crippen molar-refractivity contribution >= 4 is 52.6 Å². The molecule has 3 rings (SSSR count). The number of nitrogens with zero attached hydrogens (tertiary/aromatic N) is 2. The zero-order valence-corrected chi connectivity index (χ0v) is 17.3. The summed E-state index contributed by atoms with van der Waals surface area (Å²) in [7, 11) is 0. The van der Waals surface area contributed by atoms with Crippen LogP contribution in [0.15, 0.2) is 66.7 Å². The summed E-state index contributed by atoms with van der Waals surface area (Å²) in [5.74, 6) is 0. The SMILES string of the molecule is CCc1cc(/C=C/c2ccc(/C=C/c3ccc(I)cc3)cc2)ccc1[N+]#N. The fraction of sp³-hybridized carbons (Fsp3) is 0.0833. The van der Waals surface area contributed by atoms with Gasteiger partial charge in [0.05, 0.1) is 0 Å². The first kappa shape index (κ1) is 19.1. The van der Waals surface area contributed by atoms with E-state index in [1.807, 2.05) is 12.1 Å². The molecule has 3 heteroatoms. The van der Waals surface area contributed by atoms with Crippen LogP contribution in [0.1, 0.15) is 34.7 Å². The van der Waals surface area contributed by atoms with Crippen LogP contribution >= 0.6 is 22.6 Å². The fourth-order valence-electron chi connectivity index (χ4n) is 2.77. The largest absolute Gasteiger partial charge is 0.388 e. The molecule has 0 saturated heterocycles. The first-order chi connectivity index (χ1) is 13.2. The average Bonchev–Trinajstić information content (AvgIpc) is 2.72. The smallest absolute Gasteiger partial charge is 0.0610 e. The molecule has 27 heavy (non-hydrogen) atoms. The van der Waals surface area contributed by atoms with Crippen molar-refractivity contribution in [2.45, 2.75) is 13.3 Å². The Bertz CT molecular complexity index is 1010. The molecular weight excluding hydrogens is 443 g/mol. The minimum atomic E-state index is 0.638. The van der Waals surface area contributed by atoms with Crippen LogP contribution in [0.4, 0.5) is 5.69 Å². The Labute approximate surface area is 174 Å². The highest BCUT2D eigenvalue weighted by molar-refractivity contribution is 14.1. The van der Waals surface area contributed by atoms with Gasteiger partial charge < -0.3 is 0 Å². The third-order valence-corrected chi connectivity index (χ3v) is 5.05.